The van der Waals surface area contributed by atoms with Gasteiger partial charge in [0, 0.05) is 11.3 Å². The largest absolute Gasteiger partial charge is 0.507 e. The lowest BCUT2D eigenvalue weighted by Crippen LogP contribution is -2.29. The lowest BCUT2D eigenvalue weighted by Gasteiger charge is -2.22. The number of aromatic nitrogens is 2. The summed E-state index contributed by atoms with van der Waals surface area (Å²) in [6.07, 6.45) is 0. The maximum Gasteiger partial charge on any atom is 0.301 e. The molecule has 226 valence electrons. The van der Waals surface area contributed by atoms with Gasteiger partial charge in [0.15, 0.2) is 4.34 Å². The number of aliphatic hydroxyl groups excluding tert-OH is 1. The monoisotopic (exact) mass is 635 g/mol. The van der Waals surface area contributed by atoms with Gasteiger partial charge >= 0.3 is 5.91 Å². The van der Waals surface area contributed by atoms with Crippen LogP contribution in [0.25, 0.3) is 5.76 Å². The standard InChI is InChI=1S/C35H29N3O5S2/c1-22-8-10-24(11-9-22)21-44-35-37-36-34(45-35)38-30(25-12-18-28(19-13-25)43-20-23-6-4-3-5-7-23)29(32(40)33(38)41)31(39)26-14-16-27(42-2)17-15-26/h3-19,30,39H,20-21H2,1-2H3/b31-29-. The van der Waals surface area contributed by atoms with Gasteiger partial charge in [-0.15, -0.1) is 10.2 Å². The summed E-state index contributed by atoms with van der Waals surface area (Å²) in [4.78, 5) is 28.5. The van der Waals surface area contributed by atoms with Crippen LogP contribution in [-0.4, -0.2) is 34.1 Å². The number of rotatable bonds is 10. The fourth-order valence-corrected chi connectivity index (χ4v) is 6.75. The van der Waals surface area contributed by atoms with Crippen molar-refractivity contribution in [2.45, 2.75) is 29.7 Å². The summed E-state index contributed by atoms with van der Waals surface area (Å²) >= 11 is 2.73. The predicted molar refractivity (Wildman–Crippen MR) is 176 cm³/mol. The highest BCUT2D eigenvalue weighted by Gasteiger charge is 2.48. The van der Waals surface area contributed by atoms with Crippen LogP contribution in [0.4, 0.5) is 5.13 Å². The molecule has 0 saturated carbocycles. The van der Waals surface area contributed by atoms with E-state index in [1.54, 1.807) is 55.6 Å². The molecule has 1 aliphatic rings. The normalized spacial score (nSPS) is 15.8. The number of hydrogen-bond donors (Lipinski definition) is 1. The number of hydrogen-bond acceptors (Lipinski definition) is 9. The van der Waals surface area contributed by atoms with Crippen LogP contribution >= 0.6 is 23.1 Å². The molecular weight excluding hydrogens is 607 g/mol. The molecular formula is C35H29N3O5S2. The van der Waals surface area contributed by atoms with Gasteiger partial charge in [0.05, 0.1) is 18.7 Å². The first-order valence-electron chi connectivity index (χ1n) is 14.1. The van der Waals surface area contributed by atoms with Crippen molar-refractivity contribution in [3.8, 4) is 11.5 Å². The molecule has 1 fully saturated rings. The molecule has 2 heterocycles. The lowest BCUT2D eigenvalue weighted by molar-refractivity contribution is -0.132. The van der Waals surface area contributed by atoms with Crippen molar-refractivity contribution in [1.29, 1.82) is 0 Å². The molecule has 0 radical (unpaired) electrons. The van der Waals surface area contributed by atoms with E-state index in [1.165, 1.54) is 33.6 Å². The molecule has 8 nitrogen and oxygen atoms in total. The Hall–Kier alpha value is -4.93. The van der Waals surface area contributed by atoms with Gasteiger partial charge in [0.1, 0.15) is 23.9 Å². The number of anilines is 1. The van der Waals surface area contributed by atoms with Crippen molar-refractivity contribution in [3.63, 3.8) is 0 Å². The van der Waals surface area contributed by atoms with Gasteiger partial charge in [-0.25, -0.2) is 0 Å². The van der Waals surface area contributed by atoms with Crippen LogP contribution in [0, 0.1) is 6.92 Å². The first-order valence-corrected chi connectivity index (χ1v) is 16.0. The Morgan fingerprint density at radius 3 is 2.24 bits per heavy atom. The molecule has 1 aliphatic heterocycles. The number of carbonyl (C=O) groups is 2. The van der Waals surface area contributed by atoms with Crippen LogP contribution in [0.3, 0.4) is 0 Å². The fourth-order valence-electron chi connectivity index (χ4n) is 4.92. The smallest absolute Gasteiger partial charge is 0.301 e. The molecule has 0 aliphatic carbocycles. The lowest BCUT2D eigenvalue weighted by atomic mass is 9.95. The average Bonchev–Trinajstić information content (AvgIpc) is 3.65. The number of nitrogens with zero attached hydrogens (tertiary/aromatic N) is 3. The third-order valence-corrected chi connectivity index (χ3v) is 9.46. The molecule has 10 heteroatoms. The van der Waals surface area contributed by atoms with Crippen LogP contribution in [0.15, 0.2) is 113 Å². The molecule has 1 aromatic heterocycles. The molecule has 1 saturated heterocycles. The second-order valence-corrected chi connectivity index (χ2v) is 12.5. The van der Waals surface area contributed by atoms with Crippen molar-refractivity contribution in [2.24, 2.45) is 0 Å². The number of carbonyl (C=O) groups excluding carboxylic acids is 2. The number of ether oxygens (including phenoxy) is 2. The number of benzene rings is 4. The van der Waals surface area contributed by atoms with E-state index in [4.69, 9.17) is 9.47 Å². The Bertz CT molecular complexity index is 1840. The van der Waals surface area contributed by atoms with Gasteiger partial charge < -0.3 is 14.6 Å². The Morgan fingerprint density at radius 1 is 0.867 bits per heavy atom. The second kappa shape index (κ2) is 13.4. The zero-order valence-electron chi connectivity index (χ0n) is 24.5. The summed E-state index contributed by atoms with van der Waals surface area (Å²) in [5, 5.41) is 20.3. The summed E-state index contributed by atoms with van der Waals surface area (Å²) in [6, 6.07) is 30.9. The zero-order chi connectivity index (χ0) is 31.3. The van der Waals surface area contributed by atoms with E-state index in [-0.39, 0.29) is 16.5 Å². The Morgan fingerprint density at radius 2 is 1.56 bits per heavy atom. The van der Waals surface area contributed by atoms with E-state index in [1.807, 2.05) is 37.3 Å². The minimum Gasteiger partial charge on any atom is -0.507 e. The van der Waals surface area contributed by atoms with Gasteiger partial charge in [-0.3, -0.25) is 14.5 Å². The number of methoxy groups -OCH3 is 1. The molecule has 1 amide bonds. The third-order valence-electron chi connectivity index (χ3n) is 7.34. The van der Waals surface area contributed by atoms with E-state index < -0.39 is 17.7 Å². The van der Waals surface area contributed by atoms with E-state index in [9.17, 15) is 14.7 Å². The molecule has 5 aromatic rings. The first-order chi connectivity index (χ1) is 21.9. The van der Waals surface area contributed by atoms with Crippen molar-refractivity contribution in [2.75, 3.05) is 12.0 Å². The van der Waals surface area contributed by atoms with Crippen molar-refractivity contribution < 1.29 is 24.2 Å². The quantitative estimate of drug-likeness (QED) is 0.0559. The van der Waals surface area contributed by atoms with Crippen LogP contribution in [0.1, 0.15) is 33.9 Å². The van der Waals surface area contributed by atoms with Crippen molar-refractivity contribution in [3.05, 3.63) is 137 Å². The summed E-state index contributed by atoms with van der Waals surface area (Å²) in [7, 11) is 1.54. The Labute approximate surface area is 269 Å². The SMILES string of the molecule is COc1ccc(/C(O)=C2/C(=O)C(=O)N(c3nnc(SCc4ccc(C)cc4)s3)C2c2ccc(OCc3ccccc3)cc2)cc1. The Kier molecular flexibility index (Phi) is 8.95. The number of Topliss-reactive ketones (excluding diaryl/α,β-unsaturated/α-hetero) is 1. The van der Waals surface area contributed by atoms with Crippen LogP contribution in [0.2, 0.25) is 0 Å². The van der Waals surface area contributed by atoms with E-state index in [2.05, 4.69) is 34.5 Å². The number of aliphatic hydroxyl groups is 1. The van der Waals surface area contributed by atoms with Crippen LogP contribution in [-0.2, 0) is 21.9 Å². The van der Waals surface area contributed by atoms with Gasteiger partial charge in [-0.2, -0.15) is 0 Å². The van der Waals surface area contributed by atoms with E-state index in [0.717, 1.165) is 11.1 Å². The zero-order valence-corrected chi connectivity index (χ0v) is 26.2. The Balaban J connectivity index is 1.33. The molecule has 1 unspecified atom stereocenters. The van der Waals surface area contributed by atoms with Crippen LogP contribution in [0.5, 0.6) is 11.5 Å². The van der Waals surface area contributed by atoms with E-state index in [0.29, 0.717) is 39.3 Å². The molecule has 45 heavy (non-hydrogen) atoms. The fraction of sp³-hybridized carbons (Fsp3) is 0.143. The highest BCUT2D eigenvalue weighted by atomic mass is 32.2. The topological polar surface area (TPSA) is 102 Å². The summed E-state index contributed by atoms with van der Waals surface area (Å²) in [5.74, 6) is 0.0254. The minimum absolute atomic E-state index is 0.0350. The molecule has 6 rings (SSSR count). The average molecular weight is 636 g/mol. The molecule has 0 bridgehead atoms. The highest BCUT2D eigenvalue weighted by Crippen LogP contribution is 2.44. The molecule has 0 spiro atoms. The summed E-state index contributed by atoms with van der Waals surface area (Å²) < 4.78 is 11.9. The number of ketones is 1. The maximum absolute atomic E-state index is 13.6. The van der Waals surface area contributed by atoms with Crippen molar-refractivity contribution in [1.82, 2.24) is 10.2 Å². The molecule has 1 N–H and O–H groups in total. The first kappa shape index (κ1) is 30.1. The second-order valence-electron chi connectivity index (χ2n) is 10.4. The highest BCUT2D eigenvalue weighted by molar-refractivity contribution is 8.00. The van der Waals surface area contributed by atoms with Gasteiger partial charge in [0.2, 0.25) is 5.13 Å². The van der Waals surface area contributed by atoms with Gasteiger partial charge in [-0.1, -0.05) is 95.4 Å². The maximum atomic E-state index is 13.6. The predicted octanol–water partition coefficient (Wildman–Crippen LogP) is 7.35. The number of amides is 1. The summed E-state index contributed by atoms with van der Waals surface area (Å²) in [5.41, 5.74) is 4.31. The van der Waals surface area contributed by atoms with Crippen LogP contribution < -0.4 is 14.4 Å². The van der Waals surface area contributed by atoms with Crippen molar-refractivity contribution >= 4 is 45.7 Å². The third kappa shape index (κ3) is 6.62. The minimum atomic E-state index is -0.932. The molecule has 4 aromatic carbocycles. The summed E-state index contributed by atoms with van der Waals surface area (Å²) in [6.45, 7) is 2.43. The number of thioether (sulfide) groups is 1. The van der Waals surface area contributed by atoms with Gasteiger partial charge in [0.25, 0.3) is 5.78 Å². The van der Waals surface area contributed by atoms with E-state index >= 15 is 0 Å². The number of aryl methyl sites for hydroxylation is 1. The van der Waals surface area contributed by atoms with Gasteiger partial charge in [-0.05, 0) is 60.0 Å². The molecule has 1 atom stereocenters.